The van der Waals surface area contributed by atoms with Crippen LogP contribution in [0.4, 0.5) is 0 Å². The molecule has 1 heterocycles. The topological polar surface area (TPSA) is 83.5 Å². The van der Waals surface area contributed by atoms with Crippen LogP contribution in [0.3, 0.4) is 0 Å². The summed E-state index contributed by atoms with van der Waals surface area (Å²) in [6.07, 6.45) is 1.03. The Kier molecular flexibility index (Phi) is 7.14. The number of nitrogens with zero attached hydrogens (tertiary/aromatic N) is 1. The summed E-state index contributed by atoms with van der Waals surface area (Å²) in [7, 11) is 0. The number of carbonyl (C=O) groups excluding carboxylic acids is 2. The molecule has 184 valence electrons. The predicted molar refractivity (Wildman–Crippen MR) is 138 cm³/mol. The van der Waals surface area contributed by atoms with Gasteiger partial charge in [-0.1, -0.05) is 78.9 Å². The molecule has 1 aliphatic carbocycles. The van der Waals surface area contributed by atoms with Gasteiger partial charge in [0.1, 0.15) is 6.61 Å². The van der Waals surface area contributed by atoms with E-state index in [9.17, 15) is 9.59 Å². The fourth-order valence-corrected chi connectivity index (χ4v) is 5.21. The summed E-state index contributed by atoms with van der Waals surface area (Å²) in [6, 6.07) is 27.6. The van der Waals surface area contributed by atoms with E-state index in [-0.39, 0.29) is 18.5 Å². The van der Waals surface area contributed by atoms with Crippen LogP contribution >= 0.6 is 0 Å². The van der Waals surface area contributed by atoms with E-state index in [4.69, 9.17) is 15.2 Å². The Morgan fingerprint density at radius 1 is 0.806 bits per heavy atom. The van der Waals surface area contributed by atoms with Crippen molar-refractivity contribution in [2.24, 2.45) is 5.73 Å². The summed E-state index contributed by atoms with van der Waals surface area (Å²) >= 11 is 0. The van der Waals surface area contributed by atoms with Gasteiger partial charge in [-0.25, -0.2) is 0 Å². The average Bonchev–Trinajstić information content (AvgIpc) is 3.24. The molecule has 0 bridgehead atoms. The molecule has 5 rings (SSSR count). The summed E-state index contributed by atoms with van der Waals surface area (Å²) < 4.78 is 13.8. The lowest BCUT2D eigenvalue weighted by Crippen LogP contribution is -2.31. The molecule has 6 heteroatoms. The van der Waals surface area contributed by atoms with Crippen molar-refractivity contribution in [3.63, 3.8) is 0 Å². The van der Waals surface area contributed by atoms with Gasteiger partial charge in [0, 0.05) is 23.1 Å². The lowest BCUT2D eigenvalue weighted by atomic mass is 9.79. The molecular weight excluding hydrogens is 452 g/mol. The van der Waals surface area contributed by atoms with Gasteiger partial charge in [-0.3, -0.25) is 9.59 Å². The van der Waals surface area contributed by atoms with E-state index in [1.54, 1.807) is 0 Å². The van der Waals surface area contributed by atoms with Crippen molar-refractivity contribution in [2.75, 3.05) is 6.61 Å². The van der Waals surface area contributed by atoms with Crippen LogP contribution < -0.4 is 5.73 Å². The molecule has 6 nitrogen and oxygen atoms in total. The van der Waals surface area contributed by atoms with Crippen molar-refractivity contribution in [3.05, 3.63) is 107 Å². The minimum absolute atomic E-state index is 0.219. The Hall–Kier alpha value is -3.90. The quantitative estimate of drug-likeness (QED) is 0.267. The lowest BCUT2D eigenvalue weighted by molar-refractivity contribution is -0.147. The van der Waals surface area contributed by atoms with Crippen molar-refractivity contribution >= 4 is 22.8 Å². The fourth-order valence-electron chi connectivity index (χ4n) is 5.21. The van der Waals surface area contributed by atoms with E-state index < -0.39 is 11.8 Å². The number of primary amides is 1. The number of aromatic nitrogens is 1. The first kappa shape index (κ1) is 23.8. The average molecular weight is 483 g/mol. The number of fused-ring (bicyclic) bond motifs is 3. The van der Waals surface area contributed by atoms with Gasteiger partial charge in [0.05, 0.1) is 25.0 Å². The number of carbonyl (C=O) groups is 2. The Labute approximate surface area is 210 Å². The summed E-state index contributed by atoms with van der Waals surface area (Å²) in [5, 5.41) is 0.961. The Balaban J connectivity index is 1.43. The molecule has 2 unspecified atom stereocenters. The van der Waals surface area contributed by atoms with E-state index in [2.05, 4.69) is 4.57 Å². The van der Waals surface area contributed by atoms with Crippen LogP contribution in [-0.2, 0) is 38.8 Å². The predicted octanol–water partition coefficient (Wildman–Crippen LogP) is 5.05. The van der Waals surface area contributed by atoms with E-state index >= 15 is 0 Å². The Bertz CT molecular complexity index is 1350. The number of esters is 1. The first-order valence-electron chi connectivity index (χ1n) is 12.4. The molecule has 0 spiro atoms. The minimum Gasteiger partial charge on any atom is -0.460 e. The molecule has 4 aromatic rings. The van der Waals surface area contributed by atoms with Gasteiger partial charge in [0.2, 0.25) is 5.91 Å². The number of amides is 1. The summed E-state index contributed by atoms with van der Waals surface area (Å²) in [5.41, 5.74) is 10.6. The smallest absolute Gasteiger partial charge is 0.313 e. The molecule has 0 saturated heterocycles. The van der Waals surface area contributed by atoms with Crippen molar-refractivity contribution in [3.8, 4) is 0 Å². The normalized spacial score (nSPS) is 17.0. The van der Waals surface area contributed by atoms with Crippen LogP contribution in [0.2, 0.25) is 0 Å². The lowest BCUT2D eigenvalue weighted by Gasteiger charge is -2.28. The van der Waals surface area contributed by atoms with Crippen LogP contribution in [0.25, 0.3) is 10.9 Å². The summed E-state index contributed by atoms with van der Waals surface area (Å²) in [6.45, 7) is 1.75. The number of benzene rings is 3. The van der Waals surface area contributed by atoms with Gasteiger partial charge in [0.15, 0.2) is 0 Å². The second-order valence-electron chi connectivity index (χ2n) is 9.18. The fraction of sp³-hybridized carbons (Fsp3) is 0.267. The highest BCUT2D eigenvalue weighted by Crippen LogP contribution is 2.45. The molecule has 0 radical (unpaired) electrons. The first-order chi connectivity index (χ1) is 17.6. The van der Waals surface area contributed by atoms with E-state index in [1.807, 2.05) is 84.9 Å². The number of nitrogens with two attached hydrogens (primary N) is 1. The maximum atomic E-state index is 13.3. The number of hydrogen-bond acceptors (Lipinski definition) is 4. The molecule has 0 fully saturated rings. The third-order valence-corrected chi connectivity index (χ3v) is 6.90. The van der Waals surface area contributed by atoms with Crippen LogP contribution in [-0.4, -0.2) is 23.1 Å². The zero-order chi connectivity index (χ0) is 24.9. The monoisotopic (exact) mass is 482 g/mol. The molecule has 36 heavy (non-hydrogen) atoms. The van der Waals surface area contributed by atoms with Crippen molar-refractivity contribution in [2.45, 2.75) is 44.4 Å². The molecule has 3 aromatic carbocycles. The zero-order valence-corrected chi connectivity index (χ0v) is 20.1. The van der Waals surface area contributed by atoms with Gasteiger partial charge in [-0.15, -0.1) is 0 Å². The molecule has 2 N–H and O–H groups in total. The van der Waals surface area contributed by atoms with Crippen LogP contribution in [0.5, 0.6) is 0 Å². The third kappa shape index (κ3) is 4.90. The van der Waals surface area contributed by atoms with Crippen molar-refractivity contribution < 1.29 is 19.1 Å². The standard InChI is InChI=1S/C30H30N2O4/c31-29(33)25-16-15-24(30(34)36-20-22-11-5-2-6-12-22)27-23-13-7-8-14-26(23)32(28(25)27)17-18-35-19-21-9-3-1-4-10-21/h1-14,24-25H,15-20H2,(H2,31,33). The highest BCUT2D eigenvalue weighted by atomic mass is 16.5. The Morgan fingerprint density at radius 2 is 1.42 bits per heavy atom. The molecule has 0 saturated carbocycles. The number of rotatable bonds is 9. The van der Waals surface area contributed by atoms with Crippen LogP contribution in [0.15, 0.2) is 84.9 Å². The highest BCUT2D eigenvalue weighted by Gasteiger charge is 2.39. The van der Waals surface area contributed by atoms with Crippen molar-refractivity contribution in [1.82, 2.24) is 4.57 Å². The minimum atomic E-state index is -0.459. The highest BCUT2D eigenvalue weighted by molar-refractivity contribution is 5.95. The van der Waals surface area contributed by atoms with E-state index in [1.165, 1.54) is 0 Å². The Morgan fingerprint density at radius 3 is 2.11 bits per heavy atom. The summed E-state index contributed by atoms with van der Waals surface area (Å²) in [4.78, 5) is 25.8. The largest absolute Gasteiger partial charge is 0.460 e. The van der Waals surface area contributed by atoms with Gasteiger partial charge in [-0.2, -0.15) is 0 Å². The number of para-hydroxylation sites is 1. The number of hydrogen-bond donors (Lipinski definition) is 1. The second kappa shape index (κ2) is 10.8. The molecule has 0 aliphatic heterocycles. The molecule has 1 aromatic heterocycles. The van der Waals surface area contributed by atoms with Gasteiger partial charge in [-0.05, 0) is 35.6 Å². The van der Waals surface area contributed by atoms with Crippen LogP contribution in [0.1, 0.15) is 47.1 Å². The van der Waals surface area contributed by atoms with Gasteiger partial charge in [0.25, 0.3) is 0 Å². The molecule has 2 atom stereocenters. The zero-order valence-electron chi connectivity index (χ0n) is 20.1. The molecule has 1 amide bonds. The first-order valence-corrected chi connectivity index (χ1v) is 12.4. The number of ether oxygens (including phenoxy) is 2. The SMILES string of the molecule is NC(=O)C1CCC(C(=O)OCc2ccccc2)c2c1n(CCOCc1ccccc1)c1ccccc21. The van der Waals surface area contributed by atoms with Gasteiger partial charge >= 0.3 is 5.97 Å². The molecular formula is C30H30N2O4. The van der Waals surface area contributed by atoms with Crippen LogP contribution in [0, 0.1) is 0 Å². The van der Waals surface area contributed by atoms with E-state index in [0.717, 1.165) is 33.3 Å². The second-order valence-corrected chi connectivity index (χ2v) is 9.18. The maximum absolute atomic E-state index is 13.3. The third-order valence-electron chi connectivity index (χ3n) is 6.90. The van der Waals surface area contributed by atoms with Crippen molar-refractivity contribution in [1.29, 1.82) is 0 Å². The molecule has 1 aliphatic rings. The maximum Gasteiger partial charge on any atom is 0.313 e. The van der Waals surface area contributed by atoms with Gasteiger partial charge < -0.3 is 19.8 Å². The van der Waals surface area contributed by atoms with E-state index in [0.29, 0.717) is 32.6 Å². The summed E-state index contributed by atoms with van der Waals surface area (Å²) in [5.74, 6) is -1.55.